The van der Waals surface area contributed by atoms with Gasteiger partial charge in [-0.2, -0.15) is 0 Å². The number of benzene rings is 4. The molecule has 0 atom stereocenters. The van der Waals surface area contributed by atoms with Crippen LogP contribution in [0.2, 0.25) is 0 Å². The van der Waals surface area contributed by atoms with Crippen molar-refractivity contribution >= 4 is 46.4 Å². The molecule has 0 saturated heterocycles. The summed E-state index contributed by atoms with van der Waals surface area (Å²) in [5.74, 6) is 0. The predicted octanol–water partition coefficient (Wildman–Crippen LogP) is 10.3. The van der Waals surface area contributed by atoms with Crippen LogP contribution in [0.1, 0.15) is 22.8 Å². The van der Waals surface area contributed by atoms with E-state index in [-0.39, 0.29) is 25.0 Å². The van der Waals surface area contributed by atoms with Crippen molar-refractivity contribution in [3.05, 3.63) is 197 Å². The third kappa shape index (κ3) is 7.26. The van der Waals surface area contributed by atoms with Gasteiger partial charge in [-0.1, -0.05) is 146 Å². The zero-order chi connectivity index (χ0) is 37.0. The van der Waals surface area contributed by atoms with Crippen molar-refractivity contribution in [3.8, 4) is 44.5 Å². The molecular weight excluding hydrogens is 742 g/mol. The number of nitrogens with one attached hydrogen (secondary N) is 1. The SMILES string of the molecule is C1=Cc2nc1c(-c1ccccc1)c1ccc([n-]1)c(-c1ccccc1)c1nc(c(-c3ccccc3)c3ccc([n-]3)c2-c2ccccc2)C=C1.O=c1ccnc[nH]1.[Zn+2]. The monoisotopic (exact) mass is 772 g/mol. The van der Waals surface area contributed by atoms with Crippen LogP contribution in [-0.4, -0.2) is 19.9 Å². The fourth-order valence-electron chi connectivity index (χ4n) is 6.99. The summed E-state index contributed by atoms with van der Waals surface area (Å²) < 4.78 is 0. The first kappa shape index (κ1) is 36.0. The quantitative estimate of drug-likeness (QED) is 0.179. The van der Waals surface area contributed by atoms with Crippen LogP contribution in [0.5, 0.6) is 0 Å². The maximum Gasteiger partial charge on any atom is 2.00 e. The topological polar surface area (TPSA) is 99.7 Å². The Kier molecular flexibility index (Phi) is 10.4. The smallest absolute Gasteiger partial charge is 0.657 e. The van der Waals surface area contributed by atoms with Crippen LogP contribution in [0.4, 0.5) is 0 Å². The van der Waals surface area contributed by atoms with E-state index in [0.717, 1.165) is 89.4 Å². The van der Waals surface area contributed by atoms with E-state index in [1.807, 2.05) is 24.3 Å². The van der Waals surface area contributed by atoms with Gasteiger partial charge in [-0.05, 0) is 68.8 Å². The largest absolute Gasteiger partial charge is 2.00 e. The molecule has 0 amide bonds. The molecule has 0 fully saturated rings. The molecule has 0 aliphatic carbocycles. The molecule has 0 radical (unpaired) electrons. The van der Waals surface area contributed by atoms with Crippen molar-refractivity contribution in [2.45, 2.75) is 0 Å². The summed E-state index contributed by atoms with van der Waals surface area (Å²) in [5, 5.41) is 0. The molecule has 6 heterocycles. The Bertz CT molecular complexity index is 2570. The van der Waals surface area contributed by atoms with Gasteiger partial charge in [0.05, 0.1) is 29.1 Å². The van der Waals surface area contributed by atoms with Gasteiger partial charge in [0, 0.05) is 12.3 Å². The van der Waals surface area contributed by atoms with Crippen molar-refractivity contribution in [1.82, 2.24) is 29.9 Å². The molecule has 8 bridgehead atoms. The zero-order valence-corrected chi connectivity index (χ0v) is 33.2. The number of fused-ring (bicyclic) bond motifs is 8. The van der Waals surface area contributed by atoms with E-state index in [9.17, 15) is 4.79 Å². The number of rotatable bonds is 4. The van der Waals surface area contributed by atoms with Crippen molar-refractivity contribution in [3.63, 3.8) is 0 Å². The van der Waals surface area contributed by atoms with Gasteiger partial charge in [0.25, 0.3) is 5.56 Å². The molecule has 4 aromatic heterocycles. The fraction of sp³-hybridized carbons (Fsp3) is 0. The number of aromatic nitrogens is 6. The minimum atomic E-state index is -0.116. The maximum atomic E-state index is 10.2. The molecule has 4 aromatic carbocycles. The second kappa shape index (κ2) is 16.2. The molecule has 10 rings (SSSR count). The van der Waals surface area contributed by atoms with Crippen molar-refractivity contribution in [2.75, 3.05) is 0 Å². The molecule has 8 aromatic rings. The molecule has 7 nitrogen and oxygen atoms in total. The summed E-state index contributed by atoms with van der Waals surface area (Å²) in [4.78, 5) is 37.4. The number of hydrogen-bond acceptors (Lipinski definition) is 4. The van der Waals surface area contributed by atoms with Gasteiger partial charge < -0.3 is 15.0 Å². The maximum absolute atomic E-state index is 10.2. The van der Waals surface area contributed by atoms with Gasteiger partial charge >= 0.3 is 19.5 Å². The molecule has 0 saturated carbocycles. The average molecular weight is 774 g/mol. The van der Waals surface area contributed by atoms with Gasteiger partial charge in [-0.25, -0.2) is 15.0 Å². The van der Waals surface area contributed by atoms with Crippen LogP contribution in [0.3, 0.4) is 0 Å². The van der Waals surface area contributed by atoms with E-state index >= 15 is 0 Å². The van der Waals surface area contributed by atoms with Crippen molar-refractivity contribution in [1.29, 1.82) is 0 Å². The second-order valence-electron chi connectivity index (χ2n) is 12.9. The first-order valence-electron chi connectivity index (χ1n) is 18.0. The molecular formula is C48H32N6OZn. The summed E-state index contributed by atoms with van der Waals surface area (Å²) in [6.07, 6.45) is 11.2. The van der Waals surface area contributed by atoms with E-state index in [2.05, 4.69) is 156 Å². The van der Waals surface area contributed by atoms with E-state index in [1.165, 1.54) is 18.6 Å². The molecule has 1 N–H and O–H groups in total. The fourth-order valence-corrected chi connectivity index (χ4v) is 6.99. The van der Waals surface area contributed by atoms with E-state index in [0.29, 0.717) is 0 Å². The number of H-pyrrole nitrogens is 1. The van der Waals surface area contributed by atoms with Crippen LogP contribution in [-0.2, 0) is 19.5 Å². The summed E-state index contributed by atoms with van der Waals surface area (Å²) in [7, 11) is 0. The zero-order valence-electron chi connectivity index (χ0n) is 30.2. The third-order valence-electron chi connectivity index (χ3n) is 9.45. The Morgan fingerprint density at radius 1 is 0.393 bits per heavy atom. The van der Waals surface area contributed by atoms with Crippen molar-refractivity contribution in [2.24, 2.45) is 0 Å². The first-order chi connectivity index (χ1) is 27.2. The Labute approximate surface area is 336 Å². The Balaban J connectivity index is 0.000000500. The van der Waals surface area contributed by atoms with Crippen LogP contribution in [0.25, 0.3) is 90.9 Å². The standard InChI is InChI=1S/C44H28N4.C4H4N2O.Zn/c1-5-13-29(14-6-1)41-33-21-23-35(45-33)42(30-15-7-2-8-16-30)37-25-27-39(47-37)44(32-19-11-4-12-20-32)40-28-26-38(48-40)43(31-17-9-3-10-18-31)36-24-22-34(41)46-36;7-4-1-2-5-3-6-4;/h1-28H;1-3H,(H,5,6,7);/q-2;;+2. The molecule has 56 heavy (non-hydrogen) atoms. The molecule has 0 unspecified atom stereocenters. The number of hydrogen-bond donors (Lipinski definition) is 1. The van der Waals surface area contributed by atoms with E-state index in [4.69, 9.17) is 19.9 Å². The summed E-state index contributed by atoms with van der Waals surface area (Å²) >= 11 is 0. The Hall–Kier alpha value is -7.02. The second-order valence-corrected chi connectivity index (χ2v) is 12.9. The minimum Gasteiger partial charge on any atom is -0.657 e. The van der Waals surface area contributed by atoms with Crippen LogP contribution >= 0.6 is 0 Å². The van der Waals surface area contributed by atoms with Crippen LogP contribution in [0, 0.1) is 0 Å². The Morgan fingerprint density at radius 3 is 0.929 bits per heavy atom. The predicted molar refractivity (Wildman–Crippen MR) is 223 cm³/mol. The molecule has 8 heteroatoms. The summed E-state index contributed by atoms with van der Waals surface area (Å²) in [6.45, 7) is 0. The van der Waals surface area contributed by atoms with Crippen LogP contribution in [0.15, 0.2) is 169 Å². The van der Waals surface area contributed by atoms with E-state index in [1.54, 1.807) is 0 Å². The molecule has 0 spiro atoms. The Morgan fingerprint density at radius 2 is 0.696 bits per heavy atom. The summed E-state index contributed by atoms with van der Waals surface area (Å²) in [5.41, 5.74) is 14.9. The van der Waals surface area contributed by atoms with Crippen LogP contribution < -0.4 is 15.5 Å². The normalized spacial score (nSPS) is 11.4. The average Bonchev–Trinajstić information content (AvgIpc) is 4.08. The molecule has 262 valence electrons. The third-order valence-corrected chi connectivity index (χ3v) is 9.45. The summed E-state index contributed by atoms with van der Waals surface area (Å²) in [6, 6.07) is 51.4. The van der Waals surface area contributed by atoms with Gasteiger partial charge in [-0.3, -0.25) is 4.79 Å². The van der Waals surface area contributed by atoms with Gasteiger partial charge in [0.1, 0.15) is 0 Å². The van der Waals surface area contributed by atoms with Gasteiger partial charge in [0.2, 0.25) is 0 Å². The molecule has 2 aliphatic heterocycles. The number of aromatic amines is 1. The minimum absolute atomic E-state index is 0. The molecule has 2 aliphatic rings. The van der Waals surface area contributed by atoms with Gasteiger partial charge in [0.15, 0.2) is 0 Å². The first-order valence-corrected chi connectivity index (χ1v) is 18.0. The van der Waals surface area contributed by atoms with E-state index < -0.39 is 0 Å². The van der Waals surface area contributed by atoms with Crippen molar-refractivity contribution < 1.29 is 19.5 Å². The van der Waals surface area contributed by atoms with Gasteiger partial charge in [-0.15, -0.1) is 22.1 Å². The number of nitrogens with zero attached hydrogens (tertiary/aromatic N) is 5.